The molecule has 2 aromatic rings. The van der Waals surface area contributed by atoms with Gasteiger partial charge in [0.2, 0.25) is 6.39 Å². The lowest BCUT2D eigenvalue weighted by Gasteiger charge is -2.23. The zero-order valence-electron chi connectivity index (χ0n) is 11.3. The summed E-state index contributed by atoms with van der Waals surface area (Å²) in [6, 6.07) is 0.509. The fourth-order valence-corrected chi connectivity index (χ4v) is 2.80. The first-order valence-electron chi connectivity index (χ1n) is 7.04. The van der Waals surface area contributed by atoms with Gasteiger partial charge in [-0.2, -0.15) is 4.98 Å². The largest absolute Gasteiger partial charge is 0.346 e. The number of aryl methyl sites for hydroxylation is 1. The van der Waals surface area contributed by atoms with Crippen molar-refractivity contribution in [1.29, 1.82) is 0 Å². The lowest BCUT2D eigenvalue weighted by atomic mass is 9.91. The maximum absolute atomic E-state index is 4.78. The van der Waals surface area contributed by atoms with Crippen LogP contribution in [-0.4, -0.2) is 21.3 Å². The van der Waals surface area contributed by atoms with Crippen LogP contribution in [0.1, 0.15) is 49.2 Å². The molecule has 0 radical (unpaired) electrons. The molecule has 0 saturated heterocycles. The standard InChI is InChI=1S/C14H20N4O/c1-2-6-15-13-5-3-4-11-7-18(8-12(11)13)9-14-16-10-19-17-14/h7-8,10,13,15H,2-6,9H2,1H3. The van der Waals surface area contributed by atoms with E-state index in [1.165, 1.54) is 43.2 Å². The molecule has 5 nitrogen and oxygen atoms in total. The molecule has 102 valence electrons. The van der Waals surface area contributed by atoms with Crippen LogP contribution in [0, 0.1) is 0 Å². The van der Waals surface area contributed by atoms with Gasteiger partial charge in [0.1, 0.15) is 0 Å². The second kappa shape index (κ2) is 5.57. The van der Waals surface area contributed by atoms with Gasteiger partial charge in [0, 0.05) is 18.4 Å². The summed E-state index contributed by atoms with van der Waals surface area (Å²) < 4.78 is 6.94. The summed E-state index contributed by atoms with van der Waals surface area (Å²) in [6.07, 6.45) is 10.7. The number of fused-ring (bicyclic) bond motifs is 1. The van der Waals surface area contributed by atoms with Crippen LogP contribution in [-0.2, 0) is 13.0 Å². The van der Waals surface area contributed by atoms with Gasteiger partial charge in [0.15, 0.2) is 5.82 Å². The minimum absolute atomic E-state index is 0.509. The maximum atomic E-state index is 4.78. The van der Waals surface area contributed by atoms with Crippen molar-refractivity contribution in [3.05, 3.63) is 35.7 Å². The van der Waals surface area contributed by atoms with E-state index in [4.69, 9.17) is 4.52 Å². The molecule has 0 fully saturated rings. The normalized spacial score (nSPS) is 18.5. The molecule has 1 aliphatic carbocycles. The predicted molar refractivity (Wildman–Crippen MR) is 71.8 cm³/mol. The third-order valence-electron chi connectivity index (χ3n) is 3.68. The molecule has 0 saturated carbocycles. The van der Waals surface area contributed by atoms with Crippen LogP contribution in [0.25, 0.3) is 0 Å². The van der Waals surface area contributed by atoms with Crippen LogP contribution in [0.15, 0.2) is 23.3 Å². The highest BCUT2D eigenvalue weighted by atomic mass is 16.5. The van der Waals surface area contributed by atoms with Gasteiger partial charge in [-0.05, 0) is 43.4 Å². The molecule has 0 spiro atoms. The van der Waals surface area contributed by atoms with Crippen LogP contribution in [0.4, 0.5) is 0 Å². The van der Waals surface area contributed by atoms with Crippen LogP contribution in [0.5, 0.6) is 0 Å². The SMILES string of the molecule is CCCNC1CCCc2cn(Cc3ncon3)cc21. The van der Waals surface area contributed by atoms with E-state index < -0.39 is 0 Å². The van der Waals surface area contributed by atoms with Crippen molar-refractivity contribution in [2.45, 2.75) is 45.2 Å². The topological polar surface area (TPSA) is 55.9 Å². The Kier molecular flexibility index (Phi) is 3.64. The van der Waals surface area contributed by atoms with Gasteiger partial charge in [-0.3, -0.25) is 0 Å². The Morgan fingerprint density at radius 2 is 2.42 bits per heavy atom. The summed E-state index contributed by atoms with van der Waals surface area (Å²) in [5, 5.41) is 7.50. The first-order valence-corrected chi connectivity index (χ1v) is 7.04. The molecule has 0 bridgehead atoms. The smallest absolute Gasteiger partial charge is 0.213 e. The lowest BCUT2D eigenvalue weighted by Crippen LogP contribution is -2.24. The summed E-state index contributed by atoms with van der Waals surface area (Å²) in [5.41, 5.74) is 2.91. The third-order valence-corrected chi connectivity index (χ3v) is 3.68. The van der Waals surface area contributed by atoms with Crippen LogP contribution in [0.3, 0.4) is 0 Å². The number of nitrogens with one attached hydrogen (secondary N) is 1. The average molecular weight is 260 g/mol. The fraction of sp³-hybridized carbons (Fsp3) is 0.571. The molecule has 2 aromatic heterocycles. The number of rotatable bonds is 5. The monoisotopic (exact) mass is 260 g/mol. The van der Waals surface area contributed by atoms with Gasteiger partial charge in [0.25, 0.3) is 0 Å². The second-order valence-electron chi connectivity index (χ2n) is 5.16. The van der Waals surface area contributed by atoms with Crippen molar-refractivity contribution in [2.75, 3.05) is 6.54 Å². The van der Waals surface area contributed by atoms with Gasteiger partial charge >= 0.3 is 0 Å². The van der Waals surface area contributed by atoms with Crippen LogP contribution >= 0.6 is 0 Å². The van der Waals surface area contributed by atoms with E-state index in [1.807, 2.05) is 0 Å². The molecule has 1 N–H and O–H groups in total. The highest BCUT2D eigenvalue weighted by Gasteiger charge is 2.21. The summed E-state index contributed by atoms with van der Waals surface area (Å²) in [6.45, 7) is 3.97. The molecular weight excluding hydrogens is 240 g/mol. The van der Waals surface area contributed by atoms with Crippen molar-refractivity contribution < 1.29 is 4.52 Å². The highest BCUT2D eigenvalue weighted by molar-refractivity contribution is 5.30. The zero-order valence-corrected chi connectivity index (χ0v) is 11.3. The Bertz CT molecular complexity index is 518. The van der Waals surface area contributed by atoms with E-state index in [1.54, 1.807) is 0 Å². The Balaban J connectivity index is 1.77. The lowest BCUT2D eigenvalue weighted by molar-refractivity contribution is 0.408. The summed E-state index contributed by atoms with van der Waals surface area (Å²) in [5.74, 6) is 0.727. The zero-order chi connectivity index (χ0) is 13.1. The van der Waals surface area contributed by atoms with E-state index in [0.717, 1.165) is 12.4 Å². The minimum atomic E-state index is 0.509. The van der Waals surface area contributed by atoms with Gasteiger partial charge < -0.3 is 14.4 Å². The van der Waals surface area contributed by atoms with E-state index in [-0.39, 0.29) is 0 Å². The molecule has 1 aliphatic rings. The quantitative estimate of drug-likeness (QED) is 0.896. The van der Waals surface area contributed by atoms with Crippen molar-refractivity contribution in [1.82, 2.24) is 20.0 Å². The molecule has 1 atom stereocenters. The molecular formula is C14H20N4O. The molecule has 3 rings (SSSR count). The Hall–Kier alpha value is -1.62. The second-order valence-corrected chi connectivity index (χ2v) is 5.16. The van der Waals surface area contributed by atoms with Crippen molar-refractivity contribution >= 4 is 0 Å². The van der Waals surface area contributed by atoms with Crippen molar-refractivity contribution in [3.8, 4) is 0 Å². The number of hydrogen-bond acceptors (Lipinski definition) is 4. The number of aromatic nitrogens is 3. The van der Waals surface area contributed by atoms with Gasteiger partial charge in [-0.25, -0.2) is 0 Å². The van der Waals surface area contributed by atoms with E-state index in [9.17, 15) is 0 Å². The predicted octanol–water partition coefficient (Wildman–Crippen LogP) is 2.30. The Morgan fingerprint density at radius 1 is 1.47 bits per heavy atom. The number of hydrogen-bond donors (Lipinski definition) is 1. The molecule has 0 amide bonds. The summed E-state index contributed by atoms with van der Waals surface area (Å²) in [4.78, 5) is 4.07. The average Bonchev–Trinajstić information content (AvgIpc) is 3.05. The molecule has 19 heavy (non-hydrogen) atoms. The Labute approximate surface area is 113 Å². The van der Waals surface area contributed by atoms with E-state index >= 15 is 0 Å². The molecule has 1 unspecified atom stereocenters. The maximum Gasteiger partial charge on any atom is 0.213 e. The van der Waals surface area contributed by atoms with Gasteiger partial charge in [0.05, 0.1) is 6.54 Å². The first-order chi connectivity index (χ1) is 9.36. The Morgan fingerprint density at radius 3 is 3.21 bits per heavy atom. The first kappa shape index (κ1) is 12.4. The molecule has 2 heterocycles. The van der Waals surface area contributed by atoms with E-state index in [2.05, 4.69) is 39.3 Å². The van der Waals surface area contributed by atoms with E-state index in [0.29, 0.717) is 12.6 Å². The van der Waals surface area contributed by atoms with Crippen LogP contribution < -0.4 is 5.32 Å². The minimum Gasteiger partial charge on any atom is -0.346 e. The van der Waals surface area contributed by atoms with Crippen molar-refractivity contribution in [3.63, 3.8) is 0 Å². The van der Waals surface area contributed by atoms with Crippen LogP contribution in [0.2, 0.25) is 0 Å². The third kappa shape index (κ3) is 2.71. The fourth-order valence-electron chi connectivity index (χ4n) is 2.80. The molecule has 5 heteroatoms. The van der Waals surface area contributed by atoms with Gasteiger partial charge in [-0.15, -0.1) is 0 Å². The molecule has 0 aliphatic heterocycles. The summed E-state index contributed by atoms with van der Waals surface area (Å²) >= 11 is 0. The highest BCUT2D eigenvalue weighted by Crippen LogP contribution is 2.30. The van der Waals surface area contributed by atoms with Gasteiger partial charge in [-0.1, -0.05) is 12.1 Å². The molecule has 0 aromatic carbocycles. The number of nitrogens with zero attached hydrogens (tertiary/aromatic N) is 3. The van der Waals surface area contributed by atoms with Crippen molar-refractivity contribution in [2.24, 2.45) is 0 Å². The summed E-state index contributed by atoms with van der Waals surface area (Å²) in [7, 11) is 0.